The Morgan fingerprint density at radius 2 is 2.29 bits per heavy atom. The molecule has 1 saturated heterocycles. The van der Waals surface area contributed by atoms with E-state index in [0.29, 0.717) is 5.92 Å². The van der Waals surface area contributed by atoms with Crippen molar-refractivity contribution in [3.63, 3.8) is 0 Å². The Balaban J connectivity index is 2.21. The van der Waals surface area contributed by atoms with Gasteiger partial charge in [0, 0.05) is 41.4 Å². The smallest absolute Gasteiger partial charge is 0.0469 e. The molecule has 1 aromatic heterocycles. The van der Waals surface area contributed by atoms with E-state index in [9.17, 15) is 0 Å². The Morgan fingerprint density at radius 1 is 1.50 bits per heavy atom. The summed E-state index contributed by atoms with van der Waals surface area (Å²) in [6.45, 7) is 4.09. The second-order valence-electron chi connectivity index (χ2n) is 3.42. The molecule has 0 atom stereocenters. The standard InChI is InChI=1S/C11H11BrN2/c1-8-10(6-14-7-11(8)12)3-2-9-4-13-5-9/h6-7,9,13H,4-5H2,1H3. The van der Waals surface area contributed by atoms with Gasteiger partial charge in [-0.05, 0) is 28.4 Å². The third-order valence-electron chi connectivity index (χ3n) is 2.35. The lowest BCUT2D eigenvalue weighted by molar-refractivity contribution is 0.432. The summed E-state index contributed by atoms with van der Waals surface area (Å²) in [5.74, 6) is 6.92. The van der Waals surface area contributed by atoms with Gasteiger partial charge in [-0.25, -0.2) is 0 Å². The Kier molecular flexibility index (Phi) is 2.85. The lowest BCUT2D eigenvalue weighted by Crippen LogP contribution is -2.40. The number of nitrogens with zero attached hydrogens (tertiary/aromatic N) is 1. The molecule has 0 unspecified atom stereocenters. The van der Waals surface area contributed by atoms with Crippen LogP contribution in [0.1, 0.15) is 11.1 Å². The molecular formula is C11H11BrN2. The predicted octanol–water partition coefficient (Wildman–Crippen LogP) is 1.72. The summed E-state index contributed by atoms with van der Waals surface area (Å²) in [4.78, 5) is 4.10. The molecule has 0 saturated carbocycles. The summed E-state index contributed by atoms with van der Waals surface area (Å²) in [5.41, 5.74) is 2.19. The van der Waals surface area contributed by atoms with E-state index < -0.39 is 0 Å². The largest absolute Gasteiger partial charge is 0.314 e. The fourth-order valence-electron chi connectivity index (χ4n) is 1.20. The van der Waals surface area contributed by atoms with Gasteiger partial charge in [0.05, 0.1) is 0 Å². The average Bonchev–Trinajstić information content (AvgIpc) is 2.09. The second kappa shape index (κ2) is 4.12. The van der Waals surface area contributed by atoms with E-state index in [4.69, 9.17) is 0 Å². The summed E-state index contributed by atoms with van der Waals surface area (Å²) in [7, 11) is 0. The summed E-state index contributed by atoms with van der Waals surface area (Å²) in [6, 6.07) is 0. The zero-order valence-corrected chi connectivity index (χ0v) is 9.56. The van der Waals surface area contributed by atoms with Crippen LogP contribution in [0.15, 0.2) is 16.9 Å². The van der Waals surface area contributed by atoms with Gasteiger partial charge in [-0.2, -0.15) is 0 Å². The number of rotatable bonds is 0. The topological polar surface area (TPSA) is 24.9 Å². The van der Waals surface area contributed by atoms with Gasteiger partial charge in [-0.1, -0.05) is 11.8 Å². The molecule has 0 amide bonds. The summed E-state index contributed by atoms with van der Waals surface area (Å²) < 4.78 is 1.02. The van der Waals surface area contributed by atoms with Gasteiger partial charge < -0.3 is 5.32 Å². The zero-order chi connectivity index (χ0) is 9.97. The molecule has 1 aromatic rings. The van der Waals surface area contributed by atoms with Crippen LogP contribution < -0.4 is 5.32 Å². The molecule has 0 aromatic carbocycles. The first-order chi connectivity index (χ1) is 6.77. The van der Waals surface area contributed by atoms with Crippen molar-refractivity contribution in [3.8, 4) is 11.8 Å². The van der Waals surface area contributed by atoms with Gasteiger partial charge in [0.15, 0.2) is 0 Å². The van der Waals surface area contributed by atoms with E-state index in [0.717, 1.165) is 23.1 Å². The minimum atomic E-state index is 0.522. The van der Waals surface area contributed by atoms with Crippen LogP contribution in [0.4, 0.5) is 0 Å². The second-order valence-corrected chi connectivity index (χ2v) is 4.27. The van der Waals surface area contributed by atoms with Crippen molar-refractivity contribution in [3.05, 3.63) is 28.0 Å². The first-order valence-electron chi connectivity index (χ1n) is 4.60. The number of hydrogen-bond acceptors (Lipinski definition) is 2. The zero-order valence-electron chi connectivity index (χ0n) is 7.97. The fraction of sp³-hybridized carbons (Fsp3) is 0.364. The molecular weight excluding hydrogens is 240 g/mol. The van der Waals surface area contributed by atoms with Gasteiger partial charge in [-0.15, -0.1) is 0 Å². The Hall–Kier alpha value is -0.850. The molecule has 1 aliphatic heterocycles. The van der Waals surface area contributed by atoms with E-state index in [-0.39, 0.29) is 0 Å². The average molecular weight is 251 g/mol. The molecule has 0 radical (unpaired) electrons. The summed E-state index contributed by atoms with van der Waals surface area (Å²) in [5, 5.41) is 3.20. The van der Waals surface area contributed by atoms with E-state index in [2.05, 4.69) is 45.0 Å². The van der Waals surface area contributed by atoms with E-state index >= 15 is 0 Å². The molecule has 2 rings (SSSR count). The molecule has 3 heteroatoms. The van der Waals surface area contributed by atoms with Crippen molar-refractivity contribution in [2.24, 2.45) is 5.92 Å². The number of hydrogen-bond donors (Lipinski definition) is 1. The lowest BCUT2D eigenvalue weighted by Gasteiger charge is -2.21. The van der Waals surface area contributed by atoms with Crippen molar-refractivity contribution in [1.29, 1.82) is 0 Å². The molecule has 1 N–H and O–H groups in total. The Morgan fingerprint density at radius 3 is 2.93 bits per heavy atom. The first kappa shape index (κ1) is 9.70. The molecule has 1 aliphatic rings. The maximum Gasteiger partial charge on any atom is 0.0469 e. The van der Waals surface area contributed by atoms with Crippen LogP contribution in [-0.2, 0) is 0 Å². The highest BCUT2D eigenvalue weighted by molar-refractivity contribution is 9.10. The van der Waals surface area contributed by atoms with Crippen LogP contribution in [0.2, 0.25) is 0 Å². The van der Waals surface area contributed by atoms with Crippen LogP contribution in [0.25, 0.3) is 0 Å². The van der Waals surface area contributed by atoms with Gasteiger partial charge in [0.25, 0.3) is 0 Å². The lowest BCUT2D eigenvalue weighted by atomic mass is 10.0. The highest BCUT2D eigenvalue weighted by Gasteiger charge is 2.12. The molecule has 72 valence electrons. The van der Waals surface area contributed by atoms with Crippen LogP contribution in [0.5, 0.6) is 0 Å². The third kappa shape index (κ3) is 1.97. The number of nitrogens with one attached hydrogen (secondary N) is 1. The molecule has 0 bridgehead atoms. The highest BCUT2D eigenvalue weighted by Crippen LogP contribution is 2.17. The number of aromatic nitrogens is 1. The predicted molar refractivity (Wildman–Crippen MR) is 59.9 cm³/mol. The molecule has 0 aliphatic carbocycles. The quantitative estimate of drug-likeness (QED) is 0.710. The first-order valence-corrected chi connectivity index (χ1v) is 5.39. The van der Waals surface area contributed by atoms with E-state index in [1.54, 1.807) is 6.20 Å². The minimum Gasteiger partial charge on any atom is -0.314 e. The monoisotopic (exact) mass is 250 g/mol. The maximum atomic E-state index is 4.10. The highest BCUT2D eigenvalue weighted by atomic mass is 79.9. The van der Waals surface area contributed by atoms with Crippen molar-refractivity contribution < 1.29 is 0 Å². The van der Waals surface area contributed by atoms with E-state index in [1.807, 2.05) is 6.20 Å². The minimum absolute atomic E-state index is 0.522. The SMILES string of the molecule is Cc1c(Br)cncc1C#CC1CNC1. The van der Waals surface area contributed by atoms with Crippen LogP contribution in [-0.4, -0.2) is 18.1 Å². The van der Waals surface area contributed by atoms with Gasteiger partial charge in [0.2, 0.25) is 0 Å². The van der Waals surface area contributed by atoms with Crippen molar-refractivity contribution in [1.82, 2.24) is 10.3 Å². The Bertz CT molecular complexity index is 399. The van der Waals surface area contributed by atoms with Gasteiger partial charge >= 0.3 is 0 Å². The van der Waals surface area contributed by atoms with Crippen molar-refractivity contribution in [2.75, 3.05) is 13.1 Å². The van der Waals surface area contributed by atoms with E-state index in [1.165, 1.54) is 5.56 Å². The van der Waals surface area contributed by atoms with Crippen molar-refractivity contribution in [2.45, 2.75) is 6.92 Å². The van der Waals surface area contributed by atoms with Crippen molar-refractivity contribution >= 4 is 15.9 Å². The molecule has 1 fully saturated rings. The summed E-state index contributed by atoms with van der Waals surface area (Å²) >= 11 is 3.44. The molecule has 2 heterocycles. The number of pyridine rings is 1. The summed E-state index contributed by atoms with van der Waals surface area (Å²) in [6.07, 6.45) is 3.62. The Labute approximate surface area is 92.3 Å². The third-order valence-corrected chi connectivity index (χ3v) is 3.15. The fourth-order valence-corrected chi connectivity index (χ4v) is 1.53. The maximum absolute atomic E-state index is 4.10. The van der Waals surface area contributed by atoms with Gasteiger partial charge in [0.1, 0.15) is 0 Å². The molecule has 2 nitrogen and oxygen atoms in total. The number of halogens is 1. The normalized spacial score (nSPS) is 15.6. The van der Waals surface area contributed by atoms with Gasteiger partial charge in [-0.3, -0.25) is 4.98 Å². The van der Waals surface area contributed by atoms with Crippen LogP contribution in [0.3, 0.4) is 0 Å². The van der Waals surface area contributed by atoms with Crippen LogP contribution >= 0.6 is 15.9 Å². The molecule has 0 spiro atoms. The van der Waals surface area contributed by atoms with Crippen LogP contribution in [0, 0.1) is 24.7 Å². The molecule has 14 heavy (non-hydrogen) atoms.